The van der Waals surface area contributed by atoms with Crippen molar-refractivity contribution in [3.63, 3.8) is 0 Å². The lowest BCUT2D eigenvalue weighted by atomic mass is 9.62. The minimum absolute atomic E-state index is 0.0541. The second-order valence-corrected chi connectivity index (χ2v) is 10.3. The Bertz CT molecular complexity index is 933. The van der Waals surface area contributed by atoms with Crippen LogP contribution in [-0.2, 0) is 14.4 Å². The fourth-order valence-electron chi connectivity index (χ4n) is 5.02. The highest BCUT2D eigenvalue weighted by Gasteiger charge is 2.49. The molecule has 168 valence electrons. The Morgan fingerprint density at radius 2 is 1.48 bits per heavy atom. The molecule has 1 aromatic carbocycles. The Morgan fingerprint density at radius 3 is 2.00 bits per heavy atom. The summed E-state index contributed by atoms with van der Waals surface area (Å²) in [6.45, 7) is 7.62. The van der Waals surface area contributed by atoms with E-state index in [4.69, 9.17) is 9.47 Å². The third-order valence-electron chi connectivity index (χ3n) is 6.31. The van der Waals surface area contributed by atoms with Crippen LogP contribution in [0.15, 0.2) is 29.5 Å². The summed E-state index contributed by atoms with van der Waals surface area (Å²) in [7, 11) is 3.01. The van der Waals surface area contributed by atoms with Crippen LogP contribution in [0.1, 0.15) is 64.9 Å². The Morgan fingerprint density at radius 1 is 0.903 bits per heavy atom. The number of ether oxygens (including phenoxy) is 2. The van der Waals surface area contributed by atoms with E-state index in [0.29, 0.717) is 23.5 Å². The lowest BCUT2D eigenvalue weighted by molar-refractivity contribution is -0.140. The van der Waals surface area contributed by atoms with Gasteiger partial charge in [0.1, 0.15) is 28.8 Å². The van der Waals surface area contributed by atoms with Crippen molar-refractivity contribution in [2.24, 2.45) is 16.7 Å². The van der Waals surface area contributed by atoms with Crippen LogP contribution in [0.25, 0.3) is 0 Å². The van der Waals surface area contributed by atoms with Crippen LogP contribution < -0.4 is 9.47 Å². The van der Waals surface area contributed by atoms with Crippen molar-refractivity contribution in [3.8, 4) is 11.5 Å². The van der Waals surface area contributed by atoms with Crippen molar-refractivity contribution in [3.05, 3.63) is 35.1 Å². The molecular weight excluding hydrogens is 396 g/mol. The zero-order chi connectivity index (χ0) is 23.1. The minimum atomic E-state index is -1.05. The largest absolute Gasteiger partial charge is 0.512 e. The first-order valence-electron chi connectivity index (χ1n) is 10.6. The number of hydrogen-bond acceptors (Lipinski definition) is 6. The molecule has 1 unspecified atom stereocenters. The van der Waals surface area contributed by atoms with E-state index in [9.17, 15) is 19.5 Å². The van der Waals surface area contributed by atoms with Crippen molar-refractivity contribution in [1.29, 1.82) is 0 Å². The van der Waals surface area contributed by atoms with Gasteiger partial charge < -0.3 is 14.6 Å². The molecule has 0 saturated heterocycles. The van der Waals surface area contributed by atoms with Gasteiger partial charge in [-0.25, -0.2) is 0 Å². The first kappa shape index (κ1) is 23.0. The number of benzene rings is 1. The quantitative estimate of drug-likeness (QED) is 0.692. The van der Waals surface area contributed by atoms with E-state index in [2.05, 4.69) is 0 Å². The molecule has 2 aliphatic rings. The van der Waals surface area contributed by atoms with Gasteiger partial charge in [-0.05, 0) is 29.0 Å². The topological polar surface area (TPSA) is 89.9 Å². The summed E-state index contributed by atoms with van der Waals surface area (Å²) in [4.78, 5) is 39.8. The summed E-state index contributed by atoms with van der Waals surface area (Å²) in [5, 5.41) is 11.0. The molecule has 6 nitrogen and oxygen atoms in total. The van der Waals surface area contributed by atoms with E-state index < -0.39 is 22.7 Å². The zero-order valence-corrected chi connectivity index (χ0v) is 19.2. The standard InChI is InChI=1S/C25H32O6/c1-24(2)10-16(26)22(17(27)11-24)21(15-9-14(30-5)7-8-20(15)31-6)23-18(28)12-25(3,4)13-19(23)29/h7-9,21-22,28H,10-13H2,1-6H3. The summed E-state index contributed by atoms with van der Waals surface area (Å²) in [5.74, 6) is -1.73. The maximum absolute atomic E-state index is 13.3. The van der Waals surface area contributed by atoms with Gasteiger partial charge in [0.05, 0.1) is 20.1 Å². The summed E-state index contributed by atoms with van der Waals surface area (Å²) >= 11 is 0. The van der Waals surface area contributed by atoms with Gasteiger partial charge in [-0.2, -0.15) is 0 Å². The average molecular weight is 429 g/mol. The smallest absolute Gasteiger partial charge is 0.163 e. The molecule has 1 saturated carbocycles. The molecule has 0 radical (unpaired) electrons. The van der Waals surface area contributed by atoms with Gasteiger partial charge in [0.25, 0.3) is 0 Å². The molecule has 31 heavy (non-hydrogen) atoms. The highest BCUT2D eigenvalue weighted by molar-refractivity contribution is 6.09. The second-order valence-electron chi connectivity index (χ2n) is 10.3. The van der Waals surface area contributed by atoms with Gasteiger partial charge >= 0.3 is 0 Å². The highest BCUT2D eigenvalue weighted by atomic mass is 16.5. The monoisotopic (exact) mass is 428 g/mol. The van der Waals surface area contributed by atoms with E-state index in [1.54, 1.807) is 18.2 Å². The van der Waals surface area contributed by atoms with Crippen molar-refractivity contribution >= 4 is 17.3 Å². The Hall–Kier alpha value is -2.63. The van der Waals surface area contributed by atoms with Crippen molar-refractivity contribution in [1.82, 2.24) is 0 Å². The van der Waals surface area contributed by atoms with Crippen molar-refractivity contribution in [2.45, 2.75) is 59.3 Å². The van der Waals surface area contributed by atoms with Gasteiger partial charge in [-0.15, -0.1) is 0 Å². The number of allylic oxidation sites excluding steroid dienone is 2. The molecule has 0 amide bonds. The Labute approximate surface area is 183 Å². The van der Waals surface area contributed by atoms with Gasteiger partial charge in [0.2, 0.25) is 0 Å². The first-order valence-corrected chi connectivity index (χ1v) is 10.6. The molecule has 0 aliphatic heterocycles. The van der Waals surface area contributed by atoms with Crippen LogP contribution in [0.2, 0.25) is 0 Å². The fraction of sp³-hybridized carbons (Fsp3) is 0.560. The maximum atomic E-state index is 13.3. The first-order chi connectivity index (χ1) is 14.4. The van der Waals surface area contributed by atoms with E-state index >= 15 is 0 Å². The third-order valence-corrected chi connectivity index (χ3v) is 6.31. The zero-order valence-electron chi connectivity index (χ0n) is 19.2. The van der Waals surface area contributed by atoms with Crippen molar-refractivity contribution < 1.29 is 29.0 Å². The van der Waals surface area contributed by atoms with E-state index in [0.717, 1.165) is 0 Å². The van der Waals surface area contributed by atoms with E-state index in [1.165, 1.54) is 14.2 Å². The molecular formula is C25H32O6. The average Bonchev–Trinajstić information content (AvgIpc) is 2.63. The Balaban J connectivity index is 2.25. The fourth-order valence-corrected chi connectivity index (χ4v) is 5.02. The number of hydrogen-bond donors (Lipinski definition) is 1. The van der Waals surface area contributed by atoms with Crippen LogP contribution >= 0.6 is 0 Å². The lowest BCUT2D eigenvalue weighted by Crippen LogP contribution is -2.43. The predicted molar refractivity (Wildman–Crippen MR) is 116 cm³/mol. The molecule has 3 rings (SSSR count). The molecule has 0 spiro atoms. The number of Topliss-reactive ketones (excluding diaryl/α,β-unsaturated/α-hetero) is 3. The number of rotatable bonds is 5. The molecule has 1 N–H and O–H groups in total. The molecule has 1 aromatic rings. The van der Waals surface area contributed by atoms with Crippen LogP contribution in [0, 0.1) is 16.7 Å². The SMILES string of the molecule is COc1ccc(OC)c(C(C2=C(O)CC(C)(C)CC2=O)C2C(=O)CC(C)(C)CC2=O)c1. The molecule has 2 aliphatic carbocycles. The number of methoxy groups -OCH3 is 2. The predicted octanol–water partition coefficient (Wildman–Crippen LogP) is 4.56. The minimum Gasteiger partial charge on any atom is -0.512 e. The second kappa shape index (κ2) is 8.13. The van der Waals surface area contributed by atoms with Crippen LogP contribution in [0.5, 0.6) is 11.5 Å². The van der Waals surface area contributed by atoms with Crippen LogP contribution in [0.4, 0.5) is 0 Å². The number of carbonyl (C=O) groups is 3. The number of aliphatic hydroxyl groups is 1. The normalized spacial score (nSPS) is 22.5. The Kier molecular flexibility index (Phi) is 6.05. The number of aliphatic hydroxyl groups excluding tert-OH is 1. The summed E-state index contributed by atoms with van der Waals surface area (Å²) in [6.07, 6.45) is 1.01. The summed E-state index contributed by atoms with van der Waals surface area (Å²) < 4.78 is 10.9. The molecule has 0 bridgehead atoms. The maximum Gasteiger partial charge on any atom is 0.163 e. The van der Waals surface area contributed by atoms with Gasteiger partial charge in [-0.3, -0.25) is 14.4 Å². The molecule has 6 heteroatoms. The molecule has 0 heterocycles. The molecule has 1 fully saturated rings. The highest BCUT2D eigenvalue weighted by Crippen LogP contribution is 2.49. The van der Waals surface area contributed by atoms with E-state index in [1.807, 2.05) is 27.7 Å². The molecule has 0 aromatic heterocycles. The van der Waals surface area contributed by atoms with Gasteiger partial charge in [-0.1, -0.05) is 27.7 Å². The summed E-state index contributed by atoms with van der Waals surface area (Å²) in [5.41, 5.74) is -0.168. The number of carbonyl (C=O) groups excluding carboxylic acids is 3. The van der Waals surface area contributed by atoms with Crippen molar-refractivity contribution in [2.75, 3.05) is 14.2 Å². The summed E-state index contributed by atoms with van der Waals surface area (Å²) in [6, 6.07) is 5.10. The number of ketones is 3. The lowest BCUT2D eigenvalue weighted by Gasteiger charge is -2.39. The van der Waals surface area contributed by atoms with Gasteiger partial charge in [0.15, 0.2) is 5.78 Å². The van der Waals surface area contributed by atoms with Crippen LogP contribution in [0.3, 0.4) is 0 Å². The van der Waals surface area contributed by atoms with Crippen LogP contribution in [-0.4, -0.2) is 36.7 Å². The third kappa shape index (κ3) is 4.53. The molecule has 1 atom stereocenters. The van der Waals surface area contributed by atoms with Gasteiger partial charge in [0, 0.05) is 42.7 Å². The van der Waals surface area contributed by atoms with E-state index in [-0.39, 0.29) is 47.9 Å².